The average molecular weight is 239 g/mol. The fourth-order valence-corrected chi connectivity index (χ4v) is 2.64. The molecule has 2 heterocycles. The fraction of sp³-hybridized carbons (Fsp3) is 0.833. The number of piperazine rings is 1. The van der Waals surface area contributed by atoms with Crippen LogP contribution in [0, 0.1) is 0 Å². The van der Waals surface area contributed by atoms with Crippen LogP contribution in [0.5, 0.6) is 0 Å². The van der Waals surface area contributed by atoms with Crippen LogP contribution in [0.15, 0.2) is 0 Å². The van der Waals surface area contributed by atoms with Crippen LogP contribution < -0.4 is 0 Å². The molecule has 1 atom stereocenters. The second-order valence-corrected chi connectivity index (χ2v) is 5.00. The number of hydrogen-bond donors (Lipinski definition) is 0. The first-order valence-corrected chi connectivity index (χ1v) is 6.34. The van der Waals surface area contributed by atoms with Crippen molar-refractivity contribution in [3.63, 3.8) is 0 Å². The molecule has 5 nitrogen and oxygen atoms in total. The van der Waals surface area contributed by atoms with Crippen molar-refractivity contribution in [3.05, 3.63) is 0 Å². The van der Waals surface area contributed by atoms with Crippen LogP contribution in [0.4, 0.5) is 0 Å². The average Bonchev–Trinajstić information content (AvgIpc) is 2.78. The van der Waals surface area contributed by atoms with E-state index < -0.39 is 0 Å². The molecule has 2 aliphatic rings. The fourth-order valence-electron chi connectivity index (χ4n) is 2.64. The Balaban J connectivity index is 1.97. The van der Waals surface area contributed by atoms with Gasteiger partial charge in [0, 0.05) is 39.6 Å². The zero-order valence-electron chi connectivity index (χ0n) is 10.7. The van der Waals surface area contributed by atoms with E-state index in [4.69, 9.17) is 0 Å². The van der Waals surface area contributed by atoms with E-state index in [2.05, 4.69) is 11.9 Å². The molecule has 17 heavy (non-hydrogen) atoms. The van der Waals surface area contributed by atoms with Gasteiger partial charge in [-0.1, -0.05) is 0 Å². The van der Waals surface area contributed by atoms with Crippen LogP contribution in [0.1, 0.15) is 19.8 Å². The number of amides is 2. The number of carbonyl (C=O) groups is 2. The summed E-state index contributed by atoms with van der Waals surface area (Å²) in [5.74, 6) is 0.167. The van der Waals surface area contributed by atoms with Gasteiger partial charge in [-0.3, -0.25) is 9.59 Å². The summed E-state index contributed by atoms with van der Waals surface area (Å²) in [5.41, 5.74) is 0. The second kappa shape index (κ2) is 5.04. The second-order valence-electron chi connectivity index (χ2n) is 5.00. The number of nitrogens with zero attached hydrogens (tertiary/aromatic N) is 3. The SMILES string of the molecule is CC(=O)N1CCCC1C(=O)N1CCN(C)CC1. The van der Waals surface area contributed by atoms with Gasteiger partial charge in [0.1, 0.15) is 6.04 Å². The lowest BCUT2D eigenvalue weighted by molar-refractivity contribution is -0.143. The summed E-state index contributed by atoms with van der Waals surface area (Å²) in [6.45, 7) is 5.72. The molecule has 1 unspecified atom stereocenters. The molecule has 0 aromatic heterocycles. The summed E-state index contributed by atoms with van der Waals surface area (Å²) < 4.78 is 0. The predicted molar refractivity (Wildman–Crippen MR) is 64.5 cm³/mol. The number of likely N-dealkylation sites (N-methyl/N-ethyl adjacent to an activating group) is 1. The maximum Gasteiger partial charge on any atom is 0.245 e. The van der Waals surface area contributed by atoms with Crippen molar-refractivity contribution in [3.8, 4) is 0 Å². The van der Waals surface area contributed by atoms with Crippen molar-refractivity contribution in [2.45, 2.75) is 25.8 Å². The lowest BCUT2D eigenvalue weighted by Gasteiger charge is -2.35. The van der Waals surface area contributed by atoms with Crippen molar-refractivity contribution < 1.29 is 9.59 Å². The molecular weight excluding hydrogens is 218 g/mol. The van der Waals surface area contributed by atoms with Gasteiger partial charge in [-0.15, -0.1) is 0 Å². The number of hydrogen-bond acceptors (Lipinski definition) is 3. The van der Waals surface area contributed by atoms with Gasteiger partial charge in [-0.05, 0) is 19.9 Å². The Labute approximate surface area is 102 Å². The maximum atomic E-state index is 12.3. The first-order valence-electron chi connectivity index (χ1n) is 6.34. The van der Waals surface area contributed by atoms with E-state index in [1.165, 1.54) is 0 Å². The lowest BCUT2D eigenvalue weighted by atomic mass is 10.1. The highest BCUT2D eigenvalue weighted by Gasteiger charge is 2.35. The highest BCUT2D eigenvalue weighted by atomic mass is 16.2. The van der Waals surface area contributed by atoms with Gasteiger partial charge in [0.15, 0.2) is 0 Å². The van der Waals surface area contributed by atoms with Gasteiger partial charge >= 0.3 is 0 Å². The van der Waals surface area contributed by atoms with Crippen LogP contribution in [0.2, 0.25) is 0 Å². The normalized spacial score (nSPS) is 26.4. The molecule has 2 amide bonds. The molecule has 0 aromatic rings. The van der Waals surface area contributed by atoms with Crippen LogP contribution in [-0.4, -0.2) is 72.3 Å². The minimum absolute atomic E-state index is 0.0231. The molecule has 0 aliphatic carbocycles. The van der Waals surface area contributed by atoms with Crippen LogP contribution in [0.25, 0.3) is 0 Å². The lowest BCUT2D eigenvalue weighted by Crippen LogP contribution is -2.53. The third-order valence-corrected chi connectivity index (χ3v) is 3.76. The molecule has 0 N–H and O–H groups in total. The van der Waals surface area contributed by atoms with E-state index in [0.717, 1.165) is 45.6 Å². The van der Waals surface area contributed by atoms with Crippen molar-refractivity contribution in [1.29, 1.82) is 0 Å². The third kappa shape index (κ3) is 2.60. The molecule has 5 heteroatoms. The van der Waals surface area contributed by atoms with E-state index >= 15 is 0 Å². The largest absolute Gasteiger partial charge is 0.338 e. The summed E-state index contributed by atoms with van der Waals surface area (Å²) in [4.78, 5) is 29.6. The Kier molecular flexibility index (Phi) is 3.66. The van der Waals surface area contributed by atoms with Crippen LogP contribution in [-0.2, 0) is 9.59 Å². The molecule has 0 radical (unpaired) electrons. The van der Waals surface area contributed by atoms with Gasteiger partial charge in [0.25, 0.3) is 0 Å². The first-order chi connectivity index (χ1) is 8.09. The third-order valence-electron chi connectivity index (χ3n) is 3.76. The number of carbonyl (C=O) groups excluding carboxylic acids is 2. The summed E-state index contributed by atoms with van der Waals surface area (Å²) in [7, 11) is 2.07. The van der Waals surface area contributed by atoms with Crippen molar-refractivity contribution in [2.75, 3.05) is 39.8 Å². The highest BCUT2D eigenvalue weighted by Crippen LogP contribution is 2.20. The molecule has 0 aromatic carbocycles. The van der Waals surface area contributed by atoms with E-state index in [-0.39, 0.29) is 17.9 Å². The number of likely N-dealkylation sites (tertiary alicyclic amines) is 1. The summed E-state index contributed by atoms with van der Waals surface area (Å²) >= 11 is 0. The zero-order chi connectivity index (χ0) is 12.4. The van der Waals surface area contributed by atoms with Crippen molar-refractivity contribution >= 4 is 11.8 Å². The quantitative estimate of drug-likeness (QED) is 0.635. The highest BCUT2D eigenvalue weighted by molar-refractivity contribution is 5.87. The molecule has 0 saturated carbocycles. The smallest absolute Gasteiger partial charge is 0.245 e. The molecule has 2 aliphatic heterocycles. The van der Waals surface area contributed by atoms with E-state index in [9.17, 15) is 9.59 Å². The summed E-state index contributed by atoms with van der Waals surface area (Å²) in [6.07, 6.45) is 1.77. The van der Waals surface area contributed by atoms with Crippen molar-refractivity contribution in [1.82, 2.24) is 14.7 Å². The molecule has 96 valence electrons. The van der Waals surface area contributed by atoms with Gasteiger partial charge in [0.2, 0.25) is 11.8 Å². The topological polar surface area (TPSA) is 43.9 Å². The Morgan fingerprint density at radius 1 is 1.06 bits per heavy atom. The maximum absolute atomic E-state index is 12.3. The van der Waals surface area contributed by atoms with Gasteiger partial charge < -0.3 is 14.7 Å². The minimum Gasteiger partial charge on any atom is -0.338 e. The molecule has 0 spiro atoms. The van der Waals surface area contributed by atoms with Gasteiger partial charge in [-0.2, -0.15) is 0 Å². The zero-order valence-corrected chi connectivity index (χ0v) is 10.7. The summed E-state index contributed by atoms with van der Waals surface area (Å²) in [5, 5.41) is 0. The molecule has 2 saturated heterocycles. The molecular formula is C12H21N3O2. The Morgan fingerprint density at radius 2 is 1.71 bits per heavy atom. The monoisotopic (exact) mass is 239 g/mol. The minimum atomic E-state index is -0.198. The standard InChI is InChI=1S/C12H21N3O2/c1-10(16)15-5-3-4-11(15)12(17)14-8-6-13(2)7-9-14/h11H,3-9H2,1-2H3. The van der Waals surface area contributed by atoms with Gasteiger partial charge in [-0.25, -0.2) is 0 Å². The molecule has 0 bridgehead atoms. The Bertz CT molecular complexity index is 311. The molecule has 2 fully saturated rings. The van der Waals surface area contributed by atoms with Crippen LogP contribution in [0.3, 0.4) is 0 Å². The van der Waals surface area contributed by atoms with Gasteiger partial charge in [0.05, 0.1) is 0 Å². The number of rotatable bonds is 1. The first kappa shape index (κ1) is 12.4. The Morgan fingerprint density at radius 3 is 2.29 bits per heavy atom. The van der Waals surface area contributed by atoms with Crippen molar-refractivity contribution in [2.24, 2.45) is 0 Å². The van der Waals surface area contributed by atoms with E-state index in [1.807, 2.05) is 4.90 Å². The Hall–Kier alpha value is -1.10. The van der Waals surface area contributed by atoms with E-state index in [0.29, 0.717) is 0 Å². The summed E-state index contributed by atoms with van der Waals surface area (Å²) in [6, 6.07) is -0.198. The molecule has 2 rings (SSSR count). The van der Waals surface area contributed by atoms with E-state index in [1.54, 1.807) is 11.8 Å². The van der Waals surface area contributed by atoms with Crippen LogP contribution >= 0.6 is 0 Å². The predicted octanol–water partition coefficient (Wildman–Crippen LogP) is -0.229.